The van der Waals surface area contributed by atoms with E-state index in [9.17, 15) is 22.8 Å². The first-order valence-electron chi connectivity index (χ1n) is 9.00. The van der Waals surface area contributed by atoms with E-state index >= 15 is 0 Å². The summed E-state index contributed by atoms with van der Waals surface area (Å²) in [5.74, 6) is -0.517. The Labute approximate surface area is 164 Å². The summed E-state index contributed by atoms with van der Waals surface area (Å²) in [6.45, 7) is 0.441. The molecule has 1 atom stereocenters. The predicted octanol–water partition coefficient (Wildman–Crippen LogP) is 2.93. The van der Waals surface area contributed by atoms with E-state index in [4.69, 9.17) is 0 Å². The number of benzene rings is 1. The van der Waals surface area contributed by atoms with Crippen LogP contribution in [0.4, 0.5) is 30.4 Å². The van der Waals surface area contributed by atoms with Crippen molar-refractivity contribution >= 4 is 29.0 Å². The summed E-state index contributed by atoms with van der Waals surface area (Å²) in [4.78, 5) is 32.7. The SMILES string of the molecule is O=C1CN(C(=O)[C@H]2CCCN2c2ccc(OC(F)(F)F)cc2)c2ncccc2N1. The van der Waals surface area contributed by atoms with Crippen LogP contribution in [-0.4, -0.2) is 42.3 Å². The fourth-order valence-corrected chi connectivity index (χ4v) is 3.65. The molecule has 10 heteroatoms. The lowest BCUT2D eigenvalue weighted by Crippen LogP contribution is -2.50. The van der Waals surface area contributed by atoms with Gasteiger partial charge in [-0.15, -0.1) is 13.2 Å². The molecule has 2 amide bonds. The minimum Gasteiger partial charge on any atom is -0.406 e. The Morgan fingerprint density at radius 3 is 2.69 bits per heavy atom. The van der Waals surface area contributed by atoms with E-state index in [2.05, 4.69) is 15.0 Å². The van der Waals surface area contributed by atoms with Gasteiger partial charge in [-0.25, -0.2) is 4.98 Å². The normalized spacial score (nSPS) is 19.0. The zero-order valence-electron chi connectivity index (χ0n) is 15.1. The first-order chi connectivity index (χ1) is 13.8. The quantitative estimate of drug-likeness (QED) is 0.849. The van der Waals surface area contributed by atoms with E-state index in [0.717, 1.165) is 6.42 Å². The summed E-state index contributed by atoms with van der Waals surface area (Å²) in [7, 11) is 0. The van der Waals surface area contributed by atoms with Gasteiger partial charge in [0.05, 0.1) is 5.69 Å². The van der Waals surface area contributed by atoms with Crippen LogP contribution >= 0.6 is 0 Å². The number of hydrogen-bond acceptors (Lipinski definition) is 5. The van der Waals surface area contributed by atoms with E-state index in [1.165, 1.54) is 29.2 Å². The second kappa shape index (κ2) is 7.26. The molecular weight excluding hydrogens is 389 g/mol. The van der Waals surface area contributed by atoms with Gasteiger partial charge in [0.25, 0.3) is 5.91 Å². The predicted molar refractivity (Wildman–Crippen MR) is 98.7 cm³/mol. The highest BCUT2D eigenvalue weighted by Gasteiger charge is 2.38. The van der Waals surface area contributed by atoms with Crippen molar-refractivity contribution in [2.75, 3.05) is 28.2 Å². The third-order valence-corrected chi connectivity index (χ3v) is 4.82. The number of carbonyl (C=O) groups excluding carboxylic acids is 2. The van der Waals surface area contributed by atoms with Crippen LogP contribution in [0.25, 0.3) is 0 Å². The summed E-state index contributed by atoms with van der Waals surface area (Å²) in [5, 5.41) is 2.69. The average Bonchev–Trinajstić information content (AvgIpc) is 3.16. The Hall–Kier alpha value is -3.30. The number of anilines is 3. The maximum Gasteiger partial charge on any atom is 0.573 e. The molecule has 0 unspecified atom stereocenters. The Bertz CT molecular complexity index is 933. The highest BCUT2D eigenvalue weighted by Crippen LogP contribution is 2.33. The zero-order chi connectivity index (χ0) is 20.6. The Morgan fingerprint density at radius 1 is 1.21 bits per heavy atom. The molecule has 7 nitrogen and oxygen atoms in total. The van der Waals surface area contributed by atoms with Crippen molar-refractivity contribution in [3.63, 3.8) is 0 Å². The molecule has 2 aromatic rings. The third kappa shape index (κ3) is 3.96. The van der Waals surface area contributed by atoms with Crippen LogP contribution < -0.4 is 19.9 Å². The summed E-state index contributed by atoms with van der Waals surface area (Å²) in [5.41, 5.74) is 1.08. The number of nitrogens with zero attached hydrogens (tertiary/aromatic N) is 3. The number of halogens is 3. The van der Waals surface area contributed by atoms with Gasteiger partial charge in [0.1, 0.15) is 18.3 Å². The molecule has 1 aromatic heterocycles. The number of aromatic nitrogens is 1. The minimum absolute atomic E-state index is 0.133. The van der Waals surface area contributed by atoms with E-state index in [0.29, 0.717) is 30.2 Å². The van der Waals surface area contributed by atoms with Gasteiger partial charge in [0, 0.05) is 18.4 Å². The number of pyridine rings is 1. The molecular formula is C19H17F3N4O3. The molecule has 1 N–H and O–H groups in total. The molecule has 29 heavy (non-hydrogen) atoms. The lowest BCUT2D eigenvalue weighted by atomic mass is 10.1. The number of nitrogens with one attached hydrogen (secondary N) is 1. The van der Waals surface area contributed by atoms with Gasteiger partial charge >= 0.3 is 6.36 Å². The van der Waals surface area contributed by atoms with Crippen LogP contribution in [0.3, 0.4) is 0 Å². The van der Waals surface area contributed by atoms with Crippen LogP contribution in [0, 0.1) is 0 Å². The Kier molecular flexibility index (Phi) is 4.77. The number of alkyl halides is 3. The molecule has 4 rings (SSSR count). The second-order valence-corrected chi connectivity index (χ2v) is 6.74. The lowest BCUT2D eigenvalue weighted by molar-refractivity contribution is -0.274. The highest BCUT2D eigenvalue weighted by atomic mass is 19.4. The van der Waals surface area contributed by atoms with Gasteiger partial charge in [0.2, 0.25) is 5.91 Å². The van der Waals surface area contributed by atoms with Gasteiger partial charge in [-0.3, -0.25) is 14.5 Å². The smallest absolute Gasteiger partial charge is 0.406 e. The van der Waals surface area contributed by atoms with Gasteiger partial charge in [-0.05, 0) is 49.2 Å². The first-order valence-corrected chi connectivity index (χ1v) is 9.00. The molecule has 0 spiro atoms. The number of hydrogen-bond donors (Lipinski definition) is 1. The van der Waals surface area contributed by atoms with Crippen molar-refractivity contribution in [1.82, 2.24) is 4.98 Å². The van der Waals surface area contributed by atoms with Crippen LogP contribution in [0.5, 0.6) is 5.75 Å². The fraction of sp³-hybridized carbons (Fsp3) is 0.316. The van der Waals surface area contributed by atoms with E-state index in [1.807, 2.05) is 4.90 Å². The first kappa shape index (κ1) is 19.0. The van der Waals surface area contributed by atoms with Crippen molar-refractivity contribution in [3.8, 4) is 5.75 Å². The molecule has 0 saturated carbocycles. The van der Waals surface area contributed by atoms with Gasteiger partial charge in [-0.1, -0.05) is 0 Å². The molecule has 1 aromatic carbocycles. The molecule has 1 saturated heterocycles. The van der Waals surface area contributed by atoms with Crippen molar-refractivity contribution in [2.24, 2.45) is 0 Å². The summed E-state index contributed by atoms with van der Waals surface area (Å²) >= 11 is 0. The van der Waals surface area contributed by atoms with Crippen LogP contribution in [0.2, 0.25) is 0 Å². The Balaban J connectivity index is 1.56. The topological polar surface area (TPSA) is 74.8 Å². The Morgan fingerprint density at radius 2 is 1.97 bits per heavy atom. The fourth-order valence-electron chi connectivity index (χ4n) is 3.65. The standard InChI is InChI=1S/C19H17F3N4O3/c20-19(21,22)29-13-7-5-12(6-8-13)25-10-2-4-15(25)18(28)26-11-16(27)24-14-3-1-9-23-17(14)26/h1,3,5-9,15H,2,4,10-11H2,(H,24,27)/t15-/m1/s1. The summed E-state index contributed by atoms with van der Waals surface area (Å²) in [6, 6.07) is 8.21. The molecule has 1 fully saturated rings. The van der Waals surface area contributed by atoms with Gasteiger partial charge < -0.3 is 15.0 Å². The van der Waals surface area contributed by atoms with E-state index in [-0.39, 0.29) is 24.1 Å². The summed E-state index contributed by atoms with van der Waals surface area (Å²) < 4.78 is 40.9. The van der Waals surface area contributed by atoms with Crippen molar-refractivity contribution < 1.29 is 27.5 Å². The number of fused-ring (bicyclic) bond motifs is 1. The highest BCUT2D eigenvalue weighted by molar-refractivity contribution is 6.11. The monoisotopic (exact) mass is 406 g/mol. The maximum absolute atomic E-state index is 13.2. The molecule has 2 aliphatic rings. The van der Waals surface area contributed by atoms with E-state index in [1.54, 1.807) is 18.3 Å². The lowest BCUT2D eigenvalue weighted by Gasteiger charge is -2.33. The molecule has 2 aliphatic heterocycles. The number of carbonyl (C=O) groups is 2. The van der Waals surface area contributed by atoms with Crippen LogP contribution in [0.15, 0.2) is 42.6 Å². The van der Waals surface area contributed by atoms with Gasteiger partial charge in [0.15, 0.2) is 5.82 Å². The number of ether oxygens (including phenoxy) is 1. The number of rotatable bonds is 3. The molecule has 0 bridgehead atoms. The molecule has 0 aliphatic carbocycles. The van der Waals surface area contributed by atoms with Crippen LogP contribution in [0.1, 0.15) is 12.8 Å². The number of amides is 2. The molecule has 0 radical (unpaired) electrons. The minimum atomic E-state index is -4.76. The van der Waals surface area contributed by atoms with Crippen LogP contribution in [-0.2, 0) is 9.59 Å². The van der Waals surface area contributed by atoms with E-state index < -0.39 is 12.4 Å². The van der Waals surface area contributed by atoms with Crippen molar-refractivity contribution in [2.45, 2.75) is 25.2 Å². The van der Waals surface area contributed by atoms with Crippen molar-refractivity contribution in [3.05, 3.63) is 42.6 Å². The maximum atomic E-state index is 13.2. The van der Waals surface area contributed by atoms with Gasteiger partial charge in [-0.2, -0.15) is 0 Å². The summed E-state index contributed by atoms with van der Waals surface area (Å²) in [6.07, 6.45) is -1.91. The largest absolute Gasteiger partial charge is 0.573 e. The molecule has 3 heterocycles. The average molecular weight is 406 g/mol. The molecule has 152 valence electrons. The third-order valence-electron chi connectivity index (χ3n) is 4.82. The van der Waals surface area contributed by atoms with Crippen molar-refractivity contribution in [1.29, 1.82) is 0 Å². The second-order valence-electron chi connectivity index (χ2n) is 6.74. The zero-order valence-corrected chi connectivity index (χ0v) is 15.1.